The SMILES string of the molecule is Cc1ccc2cc(-c3nn4cc(C(=O)N5C[C@H](F)C[C@@H](OC(N)=O)C5C(C)(C)C)cc(F)c4c3C)n(CC3CC3)c2n1. The van der Waals surface area contributed by atoms with Gasteiger partial charge in [-0.2, -0.15) is 5.10 Å². The lowest BCUT2D eigenvalue weighted by Crippen LogP contribution is -2.61. The Morgan fingerprint density at radius 3 is 2.57 bits per heavy atom. The first-order chi connectivity index (χ1) is 19.8. The Hall–Kier alpha value is -4.02. The summed E-state index contributed by atoms with van der Waals surface area (Å²) in [6.07, 6.45) is 0.319. The number of aryl methyl sites for hydroxylation is 2. The molecule has 0 bridgehead atoms. The van der Waals surface area contributed by atoms with Gasteiger partial charge in [0.05, 0.1) is 23.8 Å². The van der Waals surface area contributed by atoms with E-state index in [0.717, 1.165) is 41.8 Å². The summed E-state index contributed by atoms with van der Waals surface area (Å²) in [6, 6.07) is 6.53. The van der Waals surface area contributed by atoms with E-state index in [0.29, 0.717) is 17.2 Å². The van der Waals surface area contributed by atoms with Crippen LogP contribution in [0.1, 0.15) is 61.6 Å². The van der Waals surface area contributed by atoms with Gasteiger partial charge in [0.25, 0.3) is 5.91 Å². The van der Waals surface area contributed by atoms with E-state index in [1.54, 1.807) is 0 Å². The molecule has 1 saturated heterocycles. The first-order valence-corrected chi connectivity index (χ1v) is 14.4. The fourth-order valence-corrected chi connectivity index (χ4v) is 6.44. The van der Waals surface area contributed by atoms with Crippen molar-refractivity contribution in [3.63, 3.8) is 0 Å². The minimum Gasteiger partial charge on any atom is -0.444 e. The van der Waals surface area contributed by atoms with Crippen LogP contribution in [-0.2, 0) is 11.3 Å². The molecule has 11 heteroatoms. The Balaban J connectivity index is 1.43. The number of rotatable bonds is 5. The predicted octanol–water partition coefficient (Wildman–Crippen LogP) is 5.58. The largest absolute Gasteiger partial charge is 0.444 e. The van der Waals surface area contributed by atoms with Gasteiger partial charge < -0.3 is 19.9 Å². The topological polar surface area (TPSA) is 108 Å². The smallest absolute Gasteiger partial charge is 0.404 e. The van der Waals surface area contributed by atoms with Gasteiger partial charge >= 0.3 is 6.09 Å². The third kappa shape index (κ3) is 4.98. The second-order valence-corrected chi connectivity index (χ2v) is 12.9. The minimum absolute atomic E-state index is 0.0195. The van der Waals surface area contributed by atoms with Crippen molar-refractivity contribution in [2.75, 3.05) is 6.54 Å². The number of carbonyl (C=O) groups is 2. The van der Waals surface area contributed by atoms with E-state index in [1.807, 2.05) is 52.8 Å². The third-order valence-corrected chi connectivity index (χ3v) is 8.41. The zero-order valence-corrected chi connectivity index (χ0v) is 24.5. The maximum atomic E-state index is 15.8. The first-order valence-electron chi connectivity index (χ1n) is 14.4. The van der Waals surface area contributed by atoms with Crippen molar-refractivity contribution in [1.82, 2.24) is 24.1 Å². The van der Waals surface area contributed by atoms with E-state index >= 15 is 4.39 Å². The van der Waals surface area contributed by atoms with Gasteiger partial charge in [0.1, 0.15) is 35.0 Å². The van der Waals surface area contributed by atoms with Gasteiger partial charge in [-0.15, -0.1) is 0 Å². The second-order valence-electron chi connectivity index (χ2n) is 12.9. The molecule has 0 aromatic carbocycles. The Morgan fingerprint density at radius 1 is 1.17 bits per heavy atom. The molecular formula is C31H36F2N6O3. The van der Waals surface area contributed by atoms with Crippen LogP contribution in [0.25, 0.3) is 27.9 Å². The molecule has 4 aromatic heterocycles. The number of hydrogen-bond acceptors (Lipinski definition) is 5. The lowest BCUT2D eigenvalue weighted by atomic mass is 9.78. The molecule has 1 unspecified atom stereocenters. The second kappa shape index (κ2) is 10.1. The van der Waals surface area contributed by atoms with Crippen molar-refractivity contribution in [3.05, 3.63) is 53.1 Å². The maximum Gasteiger partial charge on any atom is 0.404 e. The number of nitrogens with zero attached hydrogens (tertiary/aromatic N) is 5. The molecule has 0 spiro atoms. The van der Waals surface area contributed by atoms with Crippen LogP contribution in [-0.4, -0.2) is 60.9 Å². The number of carbonyl (C=O) groups excluding carboxylic acids is 2. The number of alkyl halides is 1. The number of ether oxygens (including phenoxy) is 1. The monoisotopic (exact) mass is 578 g/mol. The van der Waals surface area contributed by atoms with E-state index in [2.05, 4.69) is 4.57 Å². The third-order valence-electron chi connectivity index (χ3n) is 8.41. The molecule has 1 aliphatic heterocycles. The van der Waals surface area contributed by atoms with Crippen LogP contribution >= 0.6 is 0 Å². The molecule has 2 amide bonds. The zero-order chi connectivity index (χ0) is 30.1. The molecule has 3 atom stereocenters. The lowest BCUT2D eigenvalue weighted by Gasteiger charge is -2.47. The zero-order valence-electron chi connectivity index (χ0n) is 24.5. The number of amides is 2. The number of pyridine rings is 2. The number of likely N-dealkylation sites (tertiary alicyclic amines) is 1. The van der Waals surface area contributed by atoms with Gasteiger partial charge in [-0.05, 0) is 62.3 Å². The molecule has 2 fully saturated rings. The highest BCUT2D eigenvalue weighted by Gasteiger charge is 2.47. The van der Waals surface area contributed by atoms with Gasteiger partial charge in [0, 0.05) is 35.8 Å². The Kier molecular flexibility index (Phi) is 6.74. The highest BCUT2D eigenvalue weighted by atomic mass is 19.1. The fourth-order valence-electron chi connectivity index (χ4n) is 6.44. The van der Waals surface area contributed by atoms with Crippen molar-refractivity contribution in [2.24, 2.45) is 17.1 Å². The Bertz CT molecular complexity index is 1720. The van der Waals surface area contributed by atoms with Crippen LogP contribution in [0.15, 0.2) is 30.5 Å². The molecule has 2 N–H and O–H groups in total. The van der Waals surface area contributed by atoms with Crippen molar-refractivity contribution >= 4 is 28.6 Å². The summed E-state index contributed by atoms with van der Waals surface area (Å²) in [6.45, 7) is 9.98. The average molecular weight is 579 g/mol. The number of fused-ring (bicyclic) bond motifs is 2. The molecule has 6 rings (SSSR count). The first kappa shape index (κ1) is 28.1. The van der Waals surface area contributed by atoms with Gasteiger partial charge in [-0.1, -0.05) is 20.8 Å². The summed E-state index contributed by atoms with van der Waals surface area (Å²) in [7, 11) is 0. The van der Waals surface area contributed by atoms with Gasteiger partial charge in [0.2, 0.25) is 0 Å². The quantitative estimate of drug-likeness (QED) is 0.333. The maximum absolute atomic E-state index is 15.8. The Labute approximate surface area is 242 Å². The summed E-state index contributed by atoms with van der Waals surface area (Å²) in [5.74, 6) is -0.614. The van der Waals surface area contributed by atoms with Crippen molar-refractivity contribution in [1.29, 1.82) is 0 Å². The van der Waals surface area contributed by atoms with Crippen LogP contribution in [0.2, 0.25) is 0 Å². The molecule has 1 saturated carbocycles. The minimum atomic E-state index is -1.44. The van der Waals surface area contributed by atoms with Gasteiger partial charge in [0.15, 0.2) is 0 Å². The molecule has 2 aliphatic rings. The summed E-state index contributed by atoms with van der Waals surface area (Å²) in [5, 5.41) is 5.75. The van der Waals surface area contributed by atoms with Crippen LogP contribution in [0.5, 0.6) is 0 Å². The highest BCUT2D eigenvalue weighted by molar-refractivity contribution is 5.95. The molecule has 5 heterocycles. The molecule has 0 radical (unpaired) electrons. The predicted molar refractivity (Wildman–Crippen MR) is 154 cm³/mol. The van der Waals surface area contributed by atoms with Gasteiger partial charge in [-0.25, -0.2) is 23.1 Å². The molecule has 1 aliphatic carbocycles. The van der Waals surface area contributed by atoms with Crippen LogP contribution in [0.4, 0.5) is 13.6 Å². The van der Waals surface area contributed by atoms with E-state index in [-0.39, 0.29) is 24.0 Å². The van der Waals surface area contributed by atoms with Crippen molar-refractivity contribution < 1.29 is 23.1 Å². The van der Waals surface area contributed by atoms with E-state index < -0.39 is 41.6 Å². The van der Waals surface area contributed by atoms with Crippen LogP contribution in [0, 0.1) is 31.0 Å². The summed E-state index contributed by atoms with van der Waals surface area (Å²) in [4.78, 5) is 31.6. The molecular weight excluding hydrogens is 542 g/mol. The fraction of sp³-hybridized carbons (Fsp3) is 0.484. The van der Waals surface area contributed by atoms with Crippen molar-refractivity contribution in [3.8, 4) is 11.4 Å². The molecule has 9 nitrogen and oxygen atoms in total. The number of piperidine rings is 1. The number of primary amides is 1. The average Bonchev–Trinajstić information content (AvgIpc) is 3.56. The summed E-state index contributed by atoms with van der Waals surface area (Å²) >= 11 is 0. The van der Waals surface area contributed by atoms with E-state index in [9.17, 15) is 14.0 Å². The number of aromatic nitrogens is 4. The molecule has 4 aromatic rings. The van der Waals surface area contributed by atoms with Crippen LogP contribution < -0.4 is 5.73 Å². The lowest BCUT2D eigenvalue weighted by molar-refractivity contribution is -0.0571. The van der Waals surface area contributed by atoms with Crippen LogP contribution in [0.3, 0.4) is 0 Å². The molecule has 42 heavy (non-hydrogen) atoms. The van der Waals surface area contributed by atoms with Gasteiger partial charge in [-0.3, -0.25) is 4.79 Å². The Morgan fingerprint density at radius 2 is 1.90 bits per heavy atom. The standard InChI is InChI=1S/C31H36F2N6O3/c1-16-6-9-19-11-23(37(28(19)35-16)13-18-7-8-18)25-17(2)26-22(33)10-20(14-39(26)36-25)29(40)38-15-21(32)12-24(42-30(34)41)27(38)31(3,4)5/h6,9-11,14,18,21,24,27H,7-8,12-13,15H2,1-5H3,(H2,34,41)/t21-,24-,27?/m1/s1. The molecule has 222 valence electrons. The van der Waals surface area contributed by atoms with E-state index in [4.69, 9.17) is 20.6 Å². The van der Waals surface area contributed by atoms with E-state index in [1.165, 1.54) is 21.7 Å². The number of hydrogen-bond donors (Lipinski definition) is 1. The summed E-state index contributed by atoms with van der Waals surface area (Å²) in [5.41, 5.74) is 8.85. The number of nitrogens with two attached hydrogens (primary N) is 1. The normalized spacial score (nSPS) is 21.3. The number of halogens is 2. The highest BCUT2D eigenvalue weighted by Crippen LogP contribution is 2.38. The van der Waals surface area contributed by atoms with Crippen molar-refractivity contribution in [2.45, 2.75) is 78.7 Å². The summed E-state index contributed by atoms with van der Waals surface area (Å²) < 4.78 is 39.5.